The summed E-state index contributed by atoms with van der Waals surface area (Å²) in [5, 5.41) is -0.103. The van der Waals surface area contributed by atoms with Gasteiger partial charge in [0.1, 0.15) is 11.4 Å². The molecule has 0 radical (unpaired) electrons. The fourth-order valence-corrected chi connectivity index (χ4v) is 3.32. The van der Waals surface area contributed by atoms with Crippen molar-refractivity contribution in [3.05, 3.63) is 34.6 Å². The van der Waals surface area contributed by atoms with E-state index >= 15 is 0 Å². The predicted molar refractivity (Wildman–Crippen MR) is 84.7 cm³/mol. The first-order valence-electron chi connectivity index (χ1n) is 7.04. The van der Waals surface area contributed by atoms with Gasteiger partial charge in [0.05, 0.1) is 11.3 Å². The normalized spacial score (nSPS) is 16.0. The van der Waals surface area contributed by atoms with Gasteiger partial charge < -0.3 is 9.64 Å². The molecule has 1 aromatic rings. The van der Waals surface area contributed by atoms with Gasteiger partial charge in [-0.15, -0.1) is 0 Å². The van der Waals surface area contributed by atoms with E-state index in [2.05, 4.69) is 0 Å². The maximum Gasteiger partial charge on any atom is 0.343 e. The highest BCUT2D eigenvalue weighted by atomic mass is 35.5. The Morgan fingerprint density at radius 3 is 2.42 bits per heavy atom. The number of piperazine rings is 1. The zero-order valence-corrected chi connectivity index (χ0v) is 14.4. The van der Waals surface area contributed by atoms with Gasteiger partial charge in [-0.1, -0.05) is 17.7 Å². The Labute approximate surface area is 144 Å². The van der Waals surface area contributed by atoms with Crippen LogP contribution in [0.15, 0.2) is 18.2 Å². The number of ether oxygens (including phenoxy) is 1. The van der Waals surface area contributed by atoms with E-state index in [0.717, 1.165) is 12.3 Å². The second kappa shape index (κ2) is 7.45. The molecule has 0 atom stereocenters. The number of hydrogen-bond acceptors (Lipinski definition) is 5. The summed E-state index contributed by atoms with van der Waals surface area (Å²) in [5.41, 5.74) is -0.422. The number of amides is 1. The summed E-state index contributed by atoms with van der Waals surface area (Å²) in [5.74, 6) is -2.34. The predicted octanol–water partition coefficient (Wildman–Crippen LogP) is 0.740. The van der Waals surface area contributed by atoms with Crippen LogP contribution in [0, 0.1) is 5.82 Å². The number of benzene rings is 1. The molecular weight excluding hydrogens is 363 g/mol. The molecule has 7 nitrogen and oxygen atoms in total. The molecule has 0 saturated carbocycles. The van der Waals surface area contributed by atoms with E-state index in [0.29, 0.717) is 0 Å². The number of rotatable bonds is 4. The lowest BCUT2D eigenvalue weighted by Gasteiger charge is -2.33. The van der Waals surface area contributed by atoms with Crippen LogP contribution in [0.3, 0.4) is 0 Å². The molecule has 0 bridgehead atoms. The lowest BCUT2D eigenvalue weighted by molar-refractivity contribution is -0.135. The Balaban J connectivity index is 1.89. The molecule has 24 heavy (non-hydrogen) atoms. The third-order valence-corrected chi connectivity index (χ3v) is 5.17. The van der Waals surface area contributed by atoms with Crippen LogP contribution in [-0.2, 0) is 19.6 Å². The fourth-order valence-electron chi connectivity index (χ4n) is 2.25. The van der Waals surface area contributed by atoms with Gasteiger partial charge in [-0.05, 0) is 12.1 Å². The summed E-state index contributed by atoms with van der Waals surface area (Å²) < 4.78 is 42.5. The van der Waals surface area contributed by atoms with Crippen molar-refractivity contribution in [1.29, 1.82) is 0 Å². The molecule has 0 unspecified atom stereocenters. The summed E-state index contributed by atoms with van der Waals surface area (Å²) in [6.45, 7) is 0.186. The van der Waals surface area contributed by atoms with Gasteiger partial charge in [-0.2, -0.15) is 4.31 Å². The molecule has 0 aromatic heterocycles. The molecule has 1 aliphatic rings. The van der Waals surface area contributed by atoms with E-state index in [1.807, 2.05) is 0 Å². The van der Waals surface area contributed by atoms with Crippen molar-refractivity contribution in [2.75, 3.05) is 39.0 Å². The highest BCUT2D eigenvalue weighted by Gasteiger charge is 2.27. The number of nitrogens with zero attached hydrogens (tertiary/aromatic N) is 2. The van der Waals surface area contributed by atoms with E-state index in [-0.39, 0.29) is 31.2 Å². The van der Waals surface area contributed by atoms with Gasteiger partial charge in [0, 0.05) is 26.2 Å². The number of halogens is 2. The first kappa shape index (κ1) is 18.6. The minimum Gasteiger partial charge on any atom is -0.452 e. The van der Waals surface area contributed by atoms with E-state index < -0.39 is 39.9 Å². The van der Waals surface area contributed by atoms with Crippen LogP contribution >= 0.6 is 11.6 Å². The highest BCUT2D eigenvalue weighted by Crippen LogP contribution is 2.19. The zero-order chi connectivity index (χ0) is 17.9. The molecule has 10 heteroatoms. The minimum atomic E-state index is -3.29. The van der Waals surface area contributed by atoms with Crippen molar-refractivity contribution in [2.45, 2.75) is 0 Å². The zero-order valence-electron chi connectivity index (χ0n) is 12.9. The van der Waals surface area contributed by atoms with Gasteiger partial charge in [-0.25, -0.2) is 17.6 Å². The SMILES string of the molecule is CS(=O)(=O)N1CCN(C(=O)COC(=O)c2c(F)cccc2Cl)CC1. The maximum atomic E-state index is 13.6. The molecule has 2 rings (SSSR count). The van der Waals surface area contributed by atoms with Gasteiger partial charge in [0.15, 0.2) is 6.61 Å². The van der Waals surface area contributed by atoms with Crippen molar-refractivity contribution in [2.24, 2.45) is 0 Å². The molecule has 1 saturated heterocycles. The van der Waals surface area contributed by atoms with E-state index in [4.69, 9.17) is 16.3 Å². The first-order chi connectivity index (χ1) is 11.2. The number of carbonyl (C=O) groups is 2. The Morgan fingerprint density at radius 1 is 1.25 bits per heavy atom. The van der Waals surface area contributed by atoms with Crippen molar-refractivity contribution in [3.8, 4) is 0 Å². The molecule has 0 aliphatic carbocycles. The van der Waals surface area contributed by atoms with Gasteiger partial charge >= 0.3 is 5.97 Å². The molecule has 1 heterocycles. The summed E-state index contributed by atoms with van der Waals surface area (Å²) in [6, 6.07) is 3.75. The minimum absolute atomic E-state index is 0.103. The Morgan fingerprint density at radius 2 is 1.88 bits per heavy atom. The van der Waals surface area contributed by atoms with Crippen LogP contribution in [0.25, 0.3) is 0 Å². The molecule has 0 spiro atoms. The lowest BCUT2D eigenvalue weighted by Crippen LogP contribution is -2.51. The monoisotopic (exact) mass is 378 g/mol. The standard InChI is InChI=1S/C14H16ClFN2O5S/c1-24(21,22)18-7-5-17(6-8-18)12(19)9-23-14(20)13-10(15)3-2-4-11(13)16/h2-4H,5-9H2,1H3. The van der Waals surface area contributed by atoms with Crippen molar-refractivity contribution in [1.82, 2.24) is 9.21 Å². The van der Waals surface area contributed by atoms with Crippen LogP contribution in [0.4, 0.5) is 4.39 Å². The van der Waals surface area contributed by atoms with Gasteiger partial charge in [-0.3, -0.25) is 4.79 Å². The van der Waals surface area contributed by atoms with Crippen LogP contribution < -0.4 is 0 Å². The molecule has 1 aliphatic heterocycles. The Hall–Kier alpha value is -1.71. The molecule has 1 aromatic carbocycles. The number of esters is 1. The lowest BCUT2D eigenvalue weighted by atomic mass is 10.2. The average Bonchev–Trinajstić information content (AvgIpc) is 2.51. The van der Waals surface area contributed by atoms with Gasteiger partial charge in [0.2, 0.25) is 10.0 Å². The largest absolute Gasteiger partial charge is 0.452 e. The van der Waals surface area contributed by atoms with Crippen molar-refractivity contribution in [3.63, 3.8) is 0 Å². The fraction of sp³-hybridized carbons (Fsp3) is 0.429. The number of hydrogen-bond donors (Lipinski definition) is 0. The second-order valence-corrected chi connectivity index (χ2v) is 7.61. The maximum absolute atomic E-state index is 13.6. The van der Waals surface area contributed by atoms with Gasteiger partial charge in [0.25, 0.3) is 5.91 Å². The van der Waals surface area contributed by atoms with Crippen molar-refractivity contribution >= 4 is 33.5 Å². The average molecular weight is 379 g/mol. The third kappa shape index (κ3) is 4.43. The molecule has 1 amide bonds. The summed E-state index contributed by atoms with van der Waals surface area (Å²) in [6.07, 6.45) is 1.10. The molecule has 1 fully saturated rings. The van der Waals surface area contributed by atoms with Crippen LogP contribution in [0.2, 0.25) is 5.02 Å². The third-order valence-electron chi connectivity index (χ3n) is 3.55. The topological polar surface area (TPSA) is 84.0 Å². The second-order valence-electron chi connectivity index (χ2n) is 5.22. The van der Waals surface area contributed by atoms with E-state index in [9.17, 15) is 22.4 Å². The van der Waals surface area contributed by atoms with E-state index in [1.54, 1.807) is 0 Å². The smallest absolute Gasteiger partial charge is 0.343 e. The quantitative estimate of drug-likeness (QED) is 0.721. The summed E-state index contributed by atoms with van der Waals surface area (Å²) in [7, 11) is -3.29. The van der Waals surface area contributed by atoms with Crippen LogP contribution in [0.5, 0.6) is 0 Å². The first-order valence-corrected chi connectivity index (χ1v) is 9.27. The van der Waals surface area contributed by atoms with Crippen LogP contribution in [-0.4, -0.2) is 68.5 Å². The van der Waals surface area contributed by atoms with Crippen LogP contribution in [0.1, 0.15) is 10.4 Å². The number of sulfonamides is 1. The molecule has 132 valence electrons. The summed E-state index contributed by atoms with van der Waals surface area (Å²) in [4.78, 5) is 25.3. The van der Waals surface area contributed by atoms with Crippen molar-refractivity contribution < 1.29 is 27.1 Å². The summed E-state index contributed by atoms with van der Waals surface area (Å²) >= 11 is 5.75. The highest BCUT2D eigenvalue weighted by molar-refractivity contribution is 7.88. The molecular formula is C14H16ClFN2O5S. The Kier molecular flexibility index (Phi) is 5.79. The molecule has 0 N–H and O–H groups in total. The van der Waals surface area contributed by atoms with E-state index in [1.165, 1.54) is 21.3 Å². The number of carbonyl (C=O) groups excluding carboxylic acids is 2. The Bertz CT molecular complexity index is 727.